The van der Waals surface area contributed by atoms with Crippen molar-refractivity contribution in [2.45, 2.75) is 18.9 Å². The summed E-state index contributed by atoms with van der Waals surface area (Å²) in [6, 6.07) is 8.26. The van der Waals surface area contributed by atoms with Gasteiger partial charge in [0, 0.05) is 18.2 Å². The maximum Gasteiger partial charge on any atom is 0.324 e. The number of carbonyl (C=O) groups excluding carboxylic acids is 1. The van der Waals surface area contributed by atoms with Gasteiger partial charge in [-0.05, 0) is 37.1 Å². The van der Waals surface area contributed by atoms with Crippen LogP contribution in [0.1, 0.15) is 34.1 Å². The molecule has 8 heteroatoms. The minimum absolute atomic E-state index is 0.0296. The van der Waals surface area contributed by atoms with Crippen LogP contribution in [0.25, 0.3) is 0 Å². The number of ether oxygens (including phenoxy) is 2. The van der Waals surface area contributed by atoms with E-state index in [-0.39, 0.29) is 17.0 Å². The van der Waals surface area contributed by atoms with E-state index in [4.69, 9.17) is 9.47 Å². The Morgan fingerprint density at radius 2 is 2.08 bits per heavy atom. The number of carbonyl (C=O) groups is 1. The van der Waals surface area contributed by atoms with Crippen molar-refractivity contribution in [3.63, 3.8) is 0 Å². The Morgan fingerprint density at radius 3 is 2.72 bits per heavy atom. The second-order valence-corrected chi connectivity index (χ2v) is 6.72. The molecule has 1 aliphatic rings. The van der Waals surface area contributed by atoms with Crippen LogP contribution in [0.5, 0.6) is 11.5 Å². The lowest BCUT2D eigenvalue weighted by Crippen LogP contribution is -2.30. The topological polar surface area (TPSA) is 81.9 Å². The predicted molar refractivity (Wildman–Crippen MR) is 93.5 cm³/mol. The highest BCUT2D eigenvalue weighted by molar-refractivity contribution is 7.17. The fourth-order valence-corrected chi connectivity index (χ4v) is 3.89. The zero-order valence-corrected chi connectivity index (χ0v) is 14.7. The fourth-order valence-electron chi connectivity index (χ4n) is 3.12. The maximum atomic E-state index is 12.9. The third-order valence-electron chi connectivity index (χ3n) is 4.29. The monoisotopic (exact) mass is 362 g/mol. The summed E-state index contributed by atoms with van der Waals surface area (Å²) < 4.78 is 10.7. The highest BCUT2D eigenvalue weighted by Crippen LogP contribution is 2.40. The lowest BCUT2D eigenvalue weighted by Gasteiger charge is -2.26. The van der Waals surface area contributed by atoms with Crippen LogP contribution in [-0.4, -0.2) is 36.5 Å². The van der Waals surface area contributed by atoms with E-state index >= 15 is 0 Å². The molecule has 0 bridgehead atoms. The SMILES string of the molecule is COc1ccc(OC)c(C2CCCN2C(=O)c2ccc([N+](=O)[O-])s2)c1. The molecule has 1 amide bonds. The van der Waals surface area contributed by atoms with E-state index in [0.717, 1.165) is 29.7 Å². The Kier molecular flexibility index (Phi) is 4.89. The Balaban J connectivity index is 1.92. The van der Waals surface area contributed by atoms with Crippen LogP contribution in [-0.2, 0) is 0 Å². The lowest BCUT2D eigenvalue weighted by atomic mass is 10.0. The Labute approximate surface area is 148 Å². The summed E-state index contributed by atoms with van der Waals surface area (Å²) in [6.07, 6.45) is 1.67. The van der Waals surface area contributed by atoms with Crippen LogP contribution in [0.3, 0.4) is 0 Å². The van der Waals surface area contributed by atoms with Gasteiger partial charge in [0.2, 0.25) is 0 Å². The summed E-state index contributed by atoms with van der Waals surface area (Å²) in [5.41, 5.74) is 0.888. The standard InChI is InChI=1S/C17H18N2O5S/c1-23-11-5-6-14(24-2)12(10-11)13-4-3-9-18(13)17(20)15-7-8-16(25-15)19(21)22/h5-8,10,13H,3-4,9H2,1-2H3. The van der Waals surface area contributed by atoms with Gasteiger partial charge in [0.05, 0.1) is 30.1 Å². The van der Waals surface area contributed by atoms with Crippen LogP contribution in [0, 0.1) is 10.1 Å². The molecule has 7 nitrogen and oxygen atoms in total. The Morgan fingerprint density at radius 1 is 1.28 bits per heavy atom. The Bertz CT molecular complexity index is 804. The lowest BCUT2D eigenvalue weighted by molar-refractivity contribution is -0.380. The van der Waals surface area contributed by atoms with Gasteiger partial charge >= 0.3 is 5.00 Å². The van der Waals surface area contributed by atoms with Crippen LogP contribution >= 0.6 is 11.3 Å². The first-order chi connectivity index (χ1) is 12.0. The molecular formula is C17H18N2O5S. The molecule has 132 valence electrons. The quantitative estimate of drug-likeness (QED) is 0.599. The second-order valence-electron chi connectivity index (χ2n) is 5.66. The van der Waals surface area contributed by atoms with Crippen LogP contribution < -0.4 is 9.47 Å². The molecule has 1 aliphatic heterocycles. The minimum atomic E-state index is -0.478. The van der Waals surface area contributed by atoms with Gasteiger partial charge < -0.3 is 14.4 Å². The van der Waals surface area contributed by atoms with Gasteiger partial charge in [-0.2, -0.15) is 0 Å². The van der Waals surface area contributed by atoms with Gasteiger partial charge in [0.1, 0.15) is 11.5 Å². The first-order valence-electron chi connectivity index (χ1n) is 7.82. The van der Waals surface area contributed by atoms with Crippen molar-refractivity contribution >= 4 is 22.2 Å². The number of amides is 1. The molecular weight excluding hydrogens is 344 g/mol. The van der Waals surface area contributed by atoms with E-state index in [1.54, 1.807) is 19.1 Å². The summed E-state index contributed by atoms with van der Waals surface area (Å²) in [4.78, 5) is 25.4. The van der Waals surface area contributed by atoms with Gasteiger partial charge in [-0.3, -0.25) is 14.9 Å². The molecule has 25 heavy (non-hydrogen) atoms. The molecule has 1 aromatic heterocycles. The number of rotatable bonds is 5. The molecule has 3 rings (SSSR count). The number of benzene rings is 1. The van der Waals surface area contributed by atoms with Gasteiger partial charge in [-0.25, -0.2) is 0 Å². The second kappa shape index (κ2) is 7.10. The third kappa shape index (κ3) is 3.30. The third-order valence-corrected chi connectivity index (χ3v) is 5.32. The van der Waals surface area contributed by atoms with Crippen LogP contribution in [0.4, 0.5) is 5.00 Å². The number of hydrogen-bond acceptors (Lipinski definition) is 6. The van der Waals surface area contributed by atoms with Gasteiger partial charge in [-0.1, -0.05) is 11.3 Å². The molecule has 0 spiro atoms. The molecule has 1 atom stereocenters. The molecule has 2 aromatic rings. The maximum absolute atomic E-state index is 12.9. The number of nitro groups is 1. The number of methoxy groups -OCH3 is 2. The van der Waals surface area contributed by atoms with E-state index in [1.807, 2.05) is 18.2 Å². The van der Waals surface area contributed by atoms with E-state index in [2.05, 4.69) is 0 Å². The van der Waals surface area contributed by atoms with Crippen LogP contribution in [0.15, 0.2) is 30.3 Å². The molecule has 1 saturated heterocycles. The zero-order valence-electron chi connectivity index (χ0n) is 13.9. The van der Waals surface area contributed by atoms with Crippen molar-refractivity contribution in [2.24, 2.45) is 0 Å². The van der Waals surface area contributed by atoms with Crippen molar-refractivity contribution in [1.82, 2.24) is 4.90 Å². The average molecular weight is 362 g/mol. The summed E-state index contributed by atoms with van der Waals surface area (Å²) in [5.74, 6) is 1.20. The van der Waals surface area contributed by atoms with E-state index < -0.39 is 4.92 Å². The number of likely N-dealkylation sites (tertiary alicyclic amines) is 1. The molecule has 0 saturated carbocycles. The average Bonchev–Trinajstić information content (AvgIpc) is 3.30. The molecule has 0 radical (unpaired) electrons. The molecule has 1 aromatic carbocycles. The highest BCUT2D eigenvalue weighted by atomic mass is 32.1. The number of hydrogen-bond donors (Lipinski definition) is 0. The first kappa shape index (κ1) is 17.2. The first-order valence-corrected chi connectivity index (χ1v) is 8.64. The summed E-state index contributed by atoms with van der Waals surface area (Å²) in [6.45, 7) is 0.607. The Hall–Kier alpha value is -2.61. The summed E-state index contributed by atoms with van der Waals surface area (Å²) >= 11 is 0.905. The summed E-state index contributed by atoms with van der Waals surface area (Å²) in [5, 5.41) is 10.8. The highest BCUT2D eigenvalue weighted by Gasteiger charge is 2.33. The van der Waals surface area contributed by atoms with Gasteiger partial charge in [0.25, 0.3) is 5.91 Å². The van der Waals surface area contributed by atoms with Crippen molar-refractivity contribution in [3.8, 4) is 11.5 Å². The van der Waals surface area contributed by atoms with Gasteiger partial charge in [-0.15, -0.1) is 0 Å². The molecule has 1 unspecified atom stereocenters. The predicted octanol–water partition coefficient (Wildman–Crippen LogP) is 3.65. The van der Waals surface area contributed by atoms with Crippen molar-refractivity contribution in [2.75, 3.05) is 20.8 Å². The van der Waals surface area contributed by atoms with Crippen LogP contribution in [0.2, 0.25) is 0 Å². The molecule has 1 fully saturated rings. The fraction of sp³-hybridized carbons (Fsp3) is 0.353. The van der Waals surface area contributed by atoms with Crippen molar-refractivity contribution < 1.29 is 19.2 Å². The van der Waals surface area contributed by atoms with E-state index in [9.17, 15) is 14.9 Å². The van der Waals surface area contributed by atoms with Gasteiger partial charge in [0.15, 0.2) is 0 Å². The van der Waals surface area contributed by atoms with Crippen molar-refractivity contribution in [1.29, 1.82) is 0 Å². The number of nitrogens with zero attached hydrogens (tertiary/aromatic N) is 2. The minimum Gasteiger partial charge on any atom is -0.497 e. The zero-order chi connectivity index (χ0) is 18.0. The number of thiophene rings is 1. The smallest absolute Gasteiger partial charge is 0.324 e. The molecule has 2 heterocycles. The molecule has 0 N–H and O–H groups in total. The van der Waals surface area contributed by atoms with Crippen molar-refractivity contribution in [3.05, 3.63) is 50.9 Å². The molecule has 0 aliphatic carbocycles. The van der Waals surface area contributed by atoms with E-state index in [1.165, 1.54) is 12.1 Å². The van der Waals surface area contributed by atoms with E-state index in [0.29, 0.717) is 22.9 Å². The normalized spacial score (nSPS) is 16.7. The largest absolute Gasteiger partial charge is 0.497 e. The summed E-state index contributed by atoms with van der Waals surface area (Å²) in [7, 11) is 3.18.